The third-order valence-corrected chi connectivity index (χ3v) is 4.37. The summed E-state index contributed by atoms with van der Waals surface area (Å²) in [6.45, 7) is 0. The Hall–Kier alpha value is -3.14. The van der Waals surface area contributed by atoms with E-state index >= 15 is 0 Å². The van der Waals surface area contributed by atoms with E-state index in [9.17, 15) is 33.0 Å². The second kappa shape index (κ2) is 5.81. The largest absolute Gasteiger partial charge is 0.478 e. The molecule has 0 saturated heterocycles. The van der Waals surface area contributed by atoms with E-state index in [1.807, 2.05) is 4.98 Å². The van der Waals surface area contributed by atoms with Gasteiger partial charge in [0.15, 0.2) is 9.84 Å². The minimum Gasteiger partial charge on any atom is -0.478 e. The SMILES string of the molecule is CS(=O)(=O)c1ccc(-c2c(C(=O)O)c(N)[nH]c(=O)c2C(=O)O)cc1. The van der Waals surface area contributed by atoms with Crippen LogP contribution in [-0.4, -0.2) is 41.8 Å². The zero-order valence-corrected chi connectivity index (χ0v) is 13.0. The fourth-order valence-electron chi connectivity index (χ4n) is 2.20. The maximum Gasteiger partial charge on any atom is 0.342 e. The second-order valence-corrected chi connectivity index (χ2v) is 6.92. The van der Waals surface area contributed by atoms with Crippen molar-refractivity contribution < 1.29 is 28.2 Å². The first-order valence-electron chi connectivity index (χ1n) is 6.37. The molecule has 0 unspecified atom stereocenters. The van der Waals surface area contributed by atoms with Crippen LogP contribution in [0.15, 0.2) is 34.0 Å². The average molecular weight is 352 g/mol. The number of hydrogen-bond acceptors (Lipinski definition) is 6. The number of carbonyl (C=O) groups is 2. The fourth-order valence-corrected chi connectivity index (χ4v) is 2.83. The van der Waals surface area contributed by atoms with Gasteiger partial charge in [-0.15, -0.1) is 0 Å². The van der Waals surface area contributed by atoms with Crippen LogP contribution in [0.3, 0.4) is 0 Å². The summed E-state index contributed by atoms with van der Waals surface area (Å²) in [5, 5.41) is 18.5. The van der Waals surface area contributed by atoms with E-state index in [4.69, 9.17) is 5.73 Å². The van der Waals surface area contributed by atoms with Gasteiger partial charge >= 0.3 is 11.9 Å². The third kappa shape index (κ3) is 2.99. The van der Waals surface area contributed by atoms with Gasteiger partial charge in [0.05, 0.1) is 4.90 Å². The van der Waals surface area contributed by atoms with Gasteiger partial charge in [-0.1, -0.05) is 12.1 Å². The molecule has 2 rings (SSSR count). The number of aromatic carboxylic acids is 2. The van der Waals surface area contributed by atoms with Gasteiger partial charge in [-0.3, -0.25) is 4.79 Å². The van der Waals surface area contributed by atoms with Crippen molar-refractivity contribution in [2.24, 2.45) is 0 Å². The predicted molar refractivity (Wildman–Crippen MR) is 83.9 cm³/mol. The van der Waals surface area contributed by atoms with Crippen LogP contribution in [0.5, 0.6) is 0 Å². The van der Waals surface area contributed by atoms with E-state index in [2.05, 4.69) is 0 Å². The smallest absolute Gasteiger partial charge is 0.342 e. The Labute approximate surface area is 135 Å². The fraction of sp³-hybridized carbons (Fsp3) is 0.0714. The van der Waals surface area contributed by atoms with Gasteiger partial charge in [-0.2, -0.15) is 0 Å². The van der Waals surface area contributed by atoms with Crippen LogP contribution in [0.25, 0.3) is 11.1 Å². The summed E-state index contributed by atoms with van der Waals surface area (Å²) in [5.74, 6) is -3.67. The first-order chi connectivity index (χ1) is 11.0. The van der Waals surface area contributed by atoms with Gasteiger partial charge in [0.25, 0.3) is 5.56 Å². The molecule has 0 bridgehead atoms. The molecule has 2 aromatic rings. The molecule has 0 spiro atoms. The van der Waals surface area contributed by atoms with Crippen molar-refractivity contribution in [2.45, 2.75) is 4.90 Å². The van der Waals surface area contributed by atoms with Gasteiger partial charge in [0, 0.05) is 11.8 Å². The Balaban J connectivity index is 2.88. The van der Waals surface area contributed by atoms with Gasteiger partial charge in [0.1, 0.15) is 16.9 Å². The Morgan fingerprint density at radius 2 is 1.54 bits per heavy atom. The molecule has 0 saturated carbocycles. The number of hydrogen-bond donors (Lipinski definition) is 4. The van der Waals surface area contributed by atoms with Gasteiger partial charge < -0.3 is 20.9 Å². The van der Waals surface area contributed by atoms with Crippen molar-refractivity contribution in [2.75, 3.05) is 12.0 Å². The normalized spacial score (nSPS) is 11.2. The summed E-state index contributed by atoms with van der Waals surface area (Å²) in [7, 11) is -3.50. The number of nitrogens with two attached hydrogens (primary N) is 1. The van der Waals surface area contributed by atoms with Gasteiger partial charge in [-0.25, -0.2) is 18.0 Å². The number of nitrogens with one attached hydrogen (secondary N) is 1. The molecule has 1 aromatic heterocycles. The molecular formula is C14H12N2O7S. The van der Waals surface area contributed by atoms with Crippen LogP contribution >= 0.6 is 0 Å². The number of rotatable bonds is 4. The van der Waals surface area contributed by atoms with E-state index in [-0.39, 0.29) is 10.5 Å². The number of nitrogen functional groups attached to an aromatic ring is 1. The van der Waals surface area contributed by atoms with Crippen molar-refractivity contribution in [3.05, 3.63) is 45.7 Å². The van der Waals surface area contributed by atoms with Crippen LogP contribution in [0, 0.1) is 0 Å². The minimum absolute atomic E-state index is 0.0370. The molecule has 24 heavy (non-hydrogen) atoms. The minimum atomic E-state index is -3.50. The van der Waals surface area contributed by atoms with E-state index in [0.29, 0.717) is 0 Å². The van der Waals surface area contributed by atoms with E-state index in [1.165, 1.54) is 24.3 Å². The maximum atomic E-state index is 11.9. The molecule has 10 heteroatoms. The maximum absolute atomic E-state index is 11.9. The van der Waals surface area contributed by atoms with Crippen LogP contribution in [0.2, 0.25) is 0 Å². The van der Waals surface area contributed by atoms with E-state index in [0.717, 1.165) is 6.26 Å². The molecule has 0 aliphatic heterocycles. The van der Waals surface area contributed by atoms with E-state index in [1.54, 1.807) is 0 Å². The summed E-state index contributed by atoms with van der Waals surface area (Å²) in [6, 6.07) is 4.78. The molecule has 0 fully saturated rings. The number of anilines is 1. The highest BCUT2D eigenvalue weighted by Gasteiger charge is 2.26. The molecule has 0 aliphatic rings. The Morgan fingerprint density at radius 3 is 1.96 bits per heavy atom. The number of pyridine rings is 1. The molecule has 9 nitrogen and oxygen atoms in total. The summed E-state index contributed by atoms with van der Waals surface area (Å²) in [6.07, 6.45) is 0.985. The van der Waals surface area contributed by atoms with Crippen molar-refractivity contribution >= 4 is 27.6 Å². The monoisotopic (exact) mass is 352 g/mol. The highest BCUT2D eigenvalue weighted by atomic mass is 32.2. The lowest BCUT2D eigenvalue weighted by Gasteiger charge is -2.12. The number of H-pyrrole nitrogens is 1. The Morgan fingerprint density at radius 1 is 1.04 bits per heavy atom. The van der Waals surface area contributed by atoms with Crippen LogP contribution in [0.1, 0.15) is 20.7 Å². The highest BCUT2D eigenvalue weighted by Crippen LogP contribution is 2.29. The number of carboxylic acid groups (broad SMARTS) is 2. The standard InChI is InChI=1S/C14H12N2O7S/c1-24(22,23)7-4-2-6(3-5-7)8-9(13(18)19)11(15)16-12(17)10(8)14(20)21/h2-5H,1H3,(H,18,19)(H,20,21)(H3,15,16,17). The van der Waals surface area contributed by atoms with Crippen LogP contribution < -0.4 is 11.3 Å². The molecule has 1 heterocycles. The molecule has 0 aliphatic carbocycles. The summed E-state index contributed by atoms with van der Waals surface area (Å²) >= 11 is 0. The zero-order chi connectivity index (χ0) is 18.2. The summed E-state index contributed by atoms with van der Waals surface area (Å²) in [4.78, 5) is 36.6. The number of benzene rings is 1. The first-order valence-corrected chi connectivity index (χ1v) is 8.26. The molecule has 0 atom stereocenters. The van der Waals surface area contributed by atoms with E-state index < -0.39 is 49.8 Å². The summed E-state index contributed by atoms with van der Waals surface area (Å²) in [5.41, 5.74) is 2.70. The number of carboxylic acids is 2. The lowest BCUT2D eigenvalue weighted by atomic mass is 9.95. The average Bonchev–Trinajstić information content (AvgIpc) is 2.44. The lowest BCUT2D eigenvalue weighted by molar-refractivity contribution is 0.0695. The lowest BCUT2D eigenvalue weighted by Crippen LogP contribution is -2.24. The van der Waals surface area contributed by atoms with Crippen LogP contribution in [-0.2, 0) is 9.84 Å². The van der Waals surface area contributed by atoms with Crippen molar-refractivity contribution in [1.29, 1.82) is 0 Å². The second-order valence-electron chi connectivity index (χ2n) is 4.90. The van der Waals surface area contributed by atoms with Crippen molar-refractivity contribution in [3.63, 3.8) is 0 Å². The zero-order valence-electron chi connectivity index (χ0n) is 12.2. The summed E-state index contributed by atoms with van der Waals surface area (Å²) < 4.78 is 23.0. The molecule has 1 aromatic carbocycles. The van der Waals surface area contributed by atoms with Crippen molar-refractivity contribution in [3.8, 4) is 11.1 Å². The van der Waals surface area contributed by atoms with Crippen molar-refractivity contribution in [1.82, 2.24) is 4.98 Å². The quantitative estimate of drug-likeness (QED) is 0.614. The molecule has 5 N–H and O–H groups in total. The Kier molecular flexibility index (Phi) is 4.17. The predicted octanol–water partition coefficient (Wildman–Crippen LogP) is 0.424. The van der Waals surface area contributed by atoms with Crippen LogP contribution in [0.4, 0.5) is 5.82 Å². The molecule has 126 valence electrons. The highest BCUT2D eigenvalue weighted by molar-refractivity contribution is 7.90. The number of sulfone groups is 1. The topological polar surface area (TPSA) is 168 Å². The number of aromatic amines is 1. The molecule has 0 radical (unpaired) electrons. The van der Waals surface area contributed by atoms with Gasteiger partial charge in [0.2, 0.25) is 0 Å². The van der Waals surface area contributed by atoms with Gasteiger partial charge in [-0.05, 0) is 17.7 Å². The Bertz CT molecular complexity index is 1000. The number of aromatic nitrogens is 1. The third-order valence-electron chi connectivity index (χ3n) is 3.24. The molecule has 0 amide bonds. The first kappa shape index (κ1) is 17.2. The molecular weight excluding hydrogens is 340 g/mol.